The zero-order valence-electron chi connectivity index (χ0n) is 13.3. The summed E-state index contributed by atoms with van der Waals surface area (Å²) in [5.41, 5.74) is 1.78. The normalized spacial score (nSPS) is 12.0. The van der Waals surface area contributed by atoms with Gasteiger partial charge in [0.05, 0.1) is 5.69 Å². The van der Waals surface area contributed by atoms with Crippen molar-refractivity contribution in [3.63, 3.8) is 0 Å². The van der Waals surface area contributed by atoms with E-state index in [0.717, 1.165) is 15.7 Å². The predicted octanol–water partition coefficient (Wildman–Crippen LogP) is 2.99. The molecule has 122 valence electrons. The van der Waals surface area contributed by atoms with Crippen LogP contribution in [0.5, 0.6) is 0 Å². The maximum absolute atomic E-state index is 12.0. The van der Waals surface area contributed by atoms with Crippen molar-refractivity contribution < 1.29 is 4.79 Å². The van der Waals surface area contributed by atoms with Gasteiger partial charge in [0.25, 0.3) is 0 Å². The standard InChI is InChI=1S/C17H16BrN5O/c1-12(24)22(2)16(13-6-4-3-5-7-13)17-19-20-21-23(17)15-10-8-14(18)9-11-15/h3-11,16H,1-2H3/t16-/m1/s1. The largest absolute Gasteiger partial charge is 0.332 e. The number of tetrazole rings is 1. The average Bonchev–Trinajstić information content (AvgIpc) is 3.06. The van der Waals surface area contributed by atoms with Crippen molar-refractivity contribution in [1.82, 2.24) is 25.1 Å². The second-order valence-electron chi connectivity index (χ2n) is 5.37. The average molecular weight is 386 g/mol. The highest BCUT2D eigenvalue weighted by molar-refractivity contribution is 9.10. The number of amides is 1. The minimum Gasteiger partial charge on any atom is -0.332 e. The number of benzene rings is 2. The van der Waals surface area contributed by atoms with Gasteiger partial charge in [0, 0.05) is 18.4 Å². The molecule has 0 radical (unpaired) electrons. The van der Waals surface area contributed by atoms with Gasteiger partial charge in [-0.25, -0.2) is 0 Å². The third-order valence-corrected chi connectivity index (χ3v) is 4.34. The van der Waals surface area contributed by atoms with Gasteiger partial charge in [0.1, 0.15) is 6.04 Å². The van der Waals surface area contributed by atoms with E-state index in [2.05, 4.69) is 31.5 Å². The predicted molar refractivity (Wildman–Crippen MR) is 93.6 cm³/mol. The van der Waals surface area contributed by atoms with Gasteiger partial charge in [-0.05, 0) is 40.3 Å². The molecule has 0 aliphatic carbocycles. The van der Waals surface area contributed by atoms with E-state index in [1.165, 1.54) is 6.92 Å². The SMILES string of the molecule is CC(=O)N(C)[C@H](c1ccccc1)c1nnnn1-c1ccc(Br)cc1. The number of halogens is 1. The Morgan fingerprint density at radius 1 is 1.12 bits per heavy atom. The van der Waals surface area contributed by atoms with Crippen molar-refractivity contribution in [2.24, 2.45) is 0 Å². The van der Waals surface area contributed by atoms with E-state index in [9.17, 15) is 4.79 Å². The highest BCUT2D eigenvalue weighted by Gasteiger charge is 2.27. The summed E-state index contributed by atoms with van der Waals surface area (Å²) in [5.74, 6) is 0.524. The van der Waals surface area contributed by atoms with Gasteiger partial charge < -0.3 is 4.90 Å². The monoisotopic (exact) mass is 385 g/mol. The summed E-state index contributed by atoms with van der Waals surface area (Å²) < 4.78 is 2.63. The molecule has 1 atom stereocenters. The number of rotatable bonds is 4. The van der Waals surface area contributed by atoms with E-state index in [4.69, 9.17) is 0 Å². The minimum absolute atomic E-state index is 0.0609. The Morgan fingerprint density at radius 3 is 2.42 bits per heavy atom. The van der Waals surface area contributed by atoms with Crippen LogP contribution in [0.1, 0.15) is 24.4 Å². The van der Waals surface area contributed by atoms with Crippen LogP contribution in [0.2, 0.25) is 0 Å². The van der Waals surface area contributed by atoms with Gasteiger partial charge in [-0.15, -0.1) is 5.10 Å². The summed E-state index contributed by atoms with van der Waals surface area (Å²) in [6.45, 7) is 1.53. The lowest BCUT2D eigenvalue weighted by atomic mass is 10.0. The first kappa shape index (κ1) is 16.3. The summed E-state index contributed by atoms with van der Waals surface area (Å²) in [6.07, 6.45) is 0. The maximum Gasteiger partial charge on any atom is 0.220 e. The Kier molecular flexibility index (Phi) is 4.71. The molecule has 7 heteroatoms. The van der Waals surface area contributed by atoms with Crippen LogP contribution >= 0.6 is 15.9 Å². The van der Waals surface area contributed by atoms with Crippen molar-refractivity contribution in [3.05, 3.63) is 70.5 Å². The molecule has 3 aromatic rings. The third kappa shape index (κ3) is 3.21. The summed E-state index contributed by atoms with van der Waals surface area (Å²) in [5, 5.41) is 12.1. The van der Waals surface area contributed by atoms with E-state index in [1.807, 2.05) is 54.6 Å². The van der Waals surface area contributed by atoms with Gasteiger partial charge in [-0.2, -0.15) is 4.68 Å². The van der Waals surface area contributed by atoms with Crippen molar-refractivity contribution >= 4 is 21.8 Å². The first-order valence-corrected chi connectivity index (χ1v) is 8.20. The summed E-state index contributed by atoms with van der Waals surface area (Å²) in [7, 11) is 1.75. The van der Waals surface area contributed by atoms with Crippen LogP contribution < -0.4 is 0 Å². The van der Waals surface area contributed by atoms with Crippen LogP contribution in [0, 0.1) is 0 Å². The quantitative estimate of drug-likeness (QED) is 0.692. The van der Waals surface area contributed by atoms with Crippen molar-refractivity contribution in [3.8, 4) is 5.69 Å². The highest BCUT2D eigenvalue weighted by Crippen LogP contribution is 2.27. The van der Waals surface area contributed by atoms with Gasteiger partial charge in [0.15, 0.2) is 5.82 Å². The molecule has 0 unspecified atom stereocenters. The number of carbonyl (C=O) groups excluding carboxylic acids is 1. The van der Waals surface area contributed by atoms with Gasteiger partial charge >= 0.3 is 0 Å². The molecule has 0 fully saturated rings. The highest BCUT2D eigenvalue weighted by atomic mass is 79.9. The number of hydrogen-bond donors (Lipinski definition) is 0. The Balaban J connectivity index is 2.11. The Labute approximate surface area is 148 Å². The number of carbonyl (C=O) groups is 1. The third-order valence-electron chi connectivity index (χ3n) is 3.81. The molecular formula is C17H16BrN5O. The van der Waals surface area contributed by atoms with Crippen molar-refractivity contribution in [2.45, 2.75) is 13.0 Å². The fourth-order valence-electron chi connectivity index (χ4n) is 2.49. The molecule has 2 aromatic carbocycles. The van der Waals surface area contributed by atoms with E-state index >= 15 is 0 Å². The van der Waals surface area contributed by atoms with Crippen LogP contribution in [0.3, 0.4) is 0 Å². The molecule has 0 aliphatic rings. The molecular weight excluding hydrogens is 370 g/mol. The van der Waals surface area contributed by atoms with Crippen molar-refractivity contribution in [2.75, 3.05) is 7.05 Å². The van der Waals surface area contributed by atoms with Gasteiger partial charge in [-0.3, -0.25) is 4.79 Å². The van der Waals surface area contributed by atoms with E-state index < -0.39 is 0 Å². The molecule has 1 amide bonds. The fourth-order valence-corrected chi connectivity index (χ4v) is 2.76. The maximum atomic E-state index is 12.0. The van der Waals surface area contributed by atoms with Crippen molar-refractivity contribution in [1.29, 1.82) is 0 Å². The fraction of sp³-hybridized carbons (Fsp3) is 0.176. The second kappa shape index (κ2) is 6.92. The molecule has 1 heterocycles. The molecule has 0 aliphatic heterocycles. The molecule has 0 spiro atoms. The lowest BCUT2D eigenvalue weighted by Crippen LogP contribution is -2.32. The zero-order chi connectivity index (χ0) is 17.1. The molecule has 1 aromatic heterocycles. The molecule has 24 heavy (non-hydrogen) atoms. The van der Waals surface area contributed by atoms with E-state index in [-0.39, 0.29) is 11.9 Å². The second-order valence-corrected chi connectivity index (χ2v) is 6.28. The number of aromatic nitrogens is 4. The van der Waals surface area contributed by atoms with Gasteiger partial charge in [-0.1, -0.05) is 46.3 Å². The summed E-state index contributed by atoms with van der Waals surface area (Å²) in [4.78, 5) is 13.6. The minimum atomic E-state index is -0.373. The Hall–Kier alpha value is -2.54. The Bertz CT molecular complexity index is 832. The van der Waals surface area contributed by atoms with E-state index in [0.29, 0.717) is 5.82 Å². The van der Waals surface area contributed by atoms with Crippen LogP contribution in [0.25, 0.3) is 5.69 Å². The van der Waals surface area contributed by atoms with Crippen LogP contribution in [-0.4, -0.2) is 38.1 Å². The van der Waals surface area contributed by atoms with Crippen LogP contribution in [0.4, 0.5) is 0 Å². The lowest BCUT2D eigenvalue weighted by Gasteiger charge is -2.26. The number of hydrogen-bond acceptors (Lipinski definition) is 4. The lowest BCUT2D eigenvalue weighted by molar-refractivity contribution is -0.129. The van der Waals surface area contributed by atoms with Crippen LogP contribution in [-0.2, 0) is 4.79 Å². The smallest absolute Gasteiger partial charge is 0.220 e. The molecule has 6 nitrogen and oxygen atoms in total. The molecule has 0 bridgehead atoms. The summed E-state index contributed by atoms with van der Waals surface area (Å²) in [6, 6.07) is 17.0. The topological polar surface area (TPSA) is 63.9 Å². The molecule has 0 N–H and O–H groups in total. The van der Waals surface area contributed by atoms with E-state index in [1.54, 1.807) is 16.6 Å². The van der Waals surface area contributed by atoms with Gasteiger partial charge in [0.2, 0.25) is 5.91 Å². The summed E-state index contributed by atoms with van der Waals surface area (Å²) >= 11 is 3.42. The molecule has 0 saturated heterocycles. The molecule has 0 saturated carbocycles. The molecule has 3 rings (SSSR count). The number of nitrogens with zero attached hydrogens (tertiary/aromatic N) is 5. The first-order valence-electron chi connectivity index (χ1n) is 7.40. The Morgan fingerprint density at radius 2 is 1.79 bits per heavy atom. The van der Waals surface area contributed by atoms with Crippen LogP contribution in [0.15, 0.2) is 59.1 Å². The zero-order valence-corrected chi connectivity index (χ0v) is 14.9. The first-order chi connectivity index (χ1) is 11.6.